The fourth-order valence-electron chi connectivity index (χ4n) is 4.27. The molecule has 0 radical (unpaired) electrons. The molecule has 0 bridgehead atoms. The van der Waals surface area contributed by atoms with Crippen molar-refractivity contribution in [2.24, 2.45) is 0 Å². The van der Waals surface area contributed by atoms with E-state index in [-0.39, 0.29) is 11.5 Å². The van der Waals surface area contributed by atoms with Gasteiger partial charge in [0.05, 0.1) is 11.1 Å². The molecule has 4 rings (SSSR count). The van der Waals surface area contributed by atoms with E-state index in [9.17, 15) is 9.59 Å². The summed E-state index contributed by atoms with van der Waals surface area (Å²) >= 11 is 3.10. The topological polar surface area (TPSA) is 55.2 Å². The van der Waals surface area contributed by atoms with Gasteiger partial charge in [-0.2, -0.15) is 0 Å². The van der Waals surface area contributed by atoms with Gasteiger partial charge in [-0.05, 0) is 57.4 Å². The molecule has 0 N–H and O–H groups in total. The lowest BCUT2D eigenvalue weighted by Gasteiger charge is -2.33. The minimum Gasteiger partial charge on any atom is -0.339 e. The van der Waals surface area contributed by atoms with Gasteiger partial charge in [0.2, 0.25) is 5.91 Å². The predicted molar refractivity (Wildman–Crippen MR) is 112 cm³/mol. The van der Waals surface area contributed by atoms with E-state index in [2.05, 4.69) is 13.8 Å². The maximum Gasteiger partial charge on any atom is 0.263 e. The number of piperidine rings is 1. The summed E-state index contributed by atoms with van der Waals surface area (Å²) in [7, 11) is 0. The quantitative estimate of drug-likeness (QED) is 0.560. The Morgan fingerprint density at radius 3 is 2.93 bits per heavy atom. The van der Waals surface area contributed by atoms with Crippen LogP contribution in [0.4, 0.5) is 0 Å². The fourth-order valence-corrected chi connectivity index (χ4v) is 6.48. The van der Waals surface area contributed by atoms with Crippen LogP contribution < -0.4 is 5.56 Å². The first kappa shape index (κ1) is 19.0. The van der Waals surface area contributed by atoms with Gasteiger partial charge in [0.25, 0.3) is 5.56 Å². The summed E-state index contributed by atoms with van der Waals surface area (Å²) in [6.07, 6.45) is 7.46. The zero-order valence-corrected chi connectivity index (χ0v) is 17.8. The highest BCUT2D eigenvalue weighted by Gasteiger charge is 2.25. The lowest BCUT2D eigenvalue weighted by Crippen LogP contribution is -2.43. The molecule has 2 aliphatic rings. The molecule has 146 valence electrons. The van der Waals surface area contributed by atoms with Crippen LogP contribution in [0.25, 0.3) is 10.2 Å². The number of thiophene rings is 1. The van der Waals surface area contributed by atoms with Gasteiger partial charge < -0.3 is 4.90 Å². The van der Waals surface area contributed by atoms with E-state index in [1.165, 1.54) is 28.6 Å². The van der Waals surface area contributed by atoms with Gasteiger partial charge in [-0.1, -0.05) is 18.7 Å². The molecule has 1 atom stereocenters. The maximum atomic E-state index is 13.2. The number of hydrogen-bond donors (Lipinski definition) is 0. The van der Waals surface area contributed by atoms with Gasteiger partial charge in [0.15, 0.2) is 5.16 Å². The lowest BCUT2D eigenvalue weighted by molar-refractivity contribution is -0.131. The molecule has 0 unspecified atom stereocenters. The molecule has 2 aromatic rings. The van der Waals surface area contributed by atoms with Crippen LogP contribution in [0.2, 0.25) is 0 Å². The molecule has 0 spiro atoms. The van der Waals surface area contributed by atoms with E-state index in [1.54, 1.807) is 15.9 Å². The van der Waals surface area contributed by atoms with Crippen LogP contribution in [0, 0.1) is 0 Å². The van der Waals surface area contributed by atoms with Gasteiger partial charge >= 0.3 is 0 Å². The van der Waals surface area contributed by atoms with Gasteiger partial charge in [-0.3, -0.25) is 14.2 Å². The van der Waals surface area contributed by atoms with Gasteiger partial charge in [-0.15, -0.1) is 11.3 Å². The van der Waals surface area contributed by atoms with Crippen molar-refractivity contribution in [2.45, 2.75) is 76.5 Å². The van der Waals surface area contributed by atoms with Gasteiger partial charge in [-0.25, -0.2) is 4.98 Å². The number of aromatic nitrogens is 2. The highest BCUT2D eigenvalue weighted by molar-refractivity contribution is 7.99. The molecule has 1 amide bonds. The fraction of sp³-hybridized carbons (Fsp3) is 0.650. The molecule has 1 fully saturated rings. The second-order valence-corrected chi connectivity index (χ2v) is 9.64. The van der Waals surface area contributed by atoms with Crippen LogP contribution in [-0.4, -0.2) is 38.7 Å². The molecule has 2 aromatic heterocycles. The smallest absolute Gasteiger partial charge is 0.263 e. The molecule has 5 nitrogen and oxygen atoms in total. The molecule has 7 heteroatoms. The van der Waals surface area contributed by atoms with Gasteiger partial charge in [0, 0.05) is 24.0 Å². The zero-order chi connectivity index (χ0) is 19.0. The van der Waals surface area contributed by atoms with Crippen molar-refractivity contribution in [3.05, 3.63) is 20.8 Å². The van der Waals surface area contributed by atoms with Crippen molar-refractivity contribution in [3.8, 4) is 0 Å². The standard InChI is InChI=1S/C20H27N3O2S2/c1-3-10-23-19(25)17-14-8-6-9-15(14)27-18(17)21-20(23)26-12-16(24)22-11-5-4-7-13(22)2/h13H,3-12H2,1-2H3/t13-/m1/s1. The zero-order valence-electron chi connectivity index (χ0n) is 16.1. The number of aryl methyl sites for hydroxylation is 2. The number of nitrogens with zero attached hydrogens (tertiary/aromatic N) is 3. The largest absolute Gasteiger partial charge is 0.339 e. The second kappa shape index (κ2) is 7.95. The molecule has 0 saturated carbocycles. The molecule has 1 aliphatic carbocycles. The third-order valence-electron chi connectivity index (χ3n) is 5.69. The molecular weight excluding hydrogens is 378 g/mol. The number of thioether (sulfide) groups is 1. The van der Waals surface area contributed by atoms with Crippen molar-refractivity contribution < 1.29 is 4.79 Å². The number of fused-ring (bicyclic) bond motifs is 3. The average molecular weight is 406 g/mol. The minimum atomic E-state index is 0.0857. The molecular formula is C20H27N3O2S2. The number of rotatable bonds is 5. The van der Waals surface area contributed by atoms with E-state index in [4.69, 9.17) is 4.98 Å². The van der Waals surface area contributed by atoms with Crippen LogP contribution in [0.15, 0.2) is 9.95 Å². The first-order valence-electron chi connectivity index (χ1n) is 10.1. The lowest BCUT2D eigenvalue weighted by atomic mass is 10.0. The molecule has 27 heavy (non-hydrogen) atoms. The first-order valence-corrected chi connectivity index (χ1v) is 11.9. The predicted octanol–water partition coefficient (Wildman–Crippen LogP) is 3.85. The Hall–Kier alpha value is -1.34. The highest BCUT2D eigenvalue weighted by atomic mass is 32.2. The minimum absolute atomic E-state index is 0.0857. The second-order valence-electron chi connectivity index (χ2n) is 7.61. The molecule has 0 aromatic carbocycles. The summed E-state index contributed by atoms with van der Waals surface area (Å²) < 4.78 is 1.80. The summed E-state index contributed by atoms with van der Waals surface area (Å²) in [5.41, 5.74) is 1.31. The third kappa shape index (κ3) is 3.56. The Morgan fingerprint density at radius 1 is 1.30 bits per heavy atom. The summed E-state index contributed by atoms with van der Waals surface area (Å²) in [5, 5.41) is 1.54. The molecule has 1 aliphatic heterocycles. The van der Waals surface area contributed by atoms with Crippen molar-refractivity contribution in [3.63, 3.8) is 0 Å². The highest BCUT2D eigenvalue weighted by Crippen LogP contribution is 2.35. The number of carbonyl (C=O) groups excluding carboxylic acids is 1. The Kier molecular flexibility index (Phi) is 5.60. The van der Waals surface area contributed by atoms with E-state index >= 15 is 0 Å². The Labute approximate surface area is 168 Å². The summed E-state index contributed by atoms with van der Waals surface area (Å²) in [6.45, 7) is 5.71. The number of carbonyl (C=O) groups is 1. The van der Waals surface area contributed by atoms with Crippen LogP contribution in [0.3, 0.4) is 0 Å². The number of hydrogen-bond acceptors (Lipinski definition) is 5. The van der Waals surface area contributed by atoms with Crippen molar-refractivity contribution in [1.29, 1.82) is 0 Å². The number of amides is 1. The maximum absolute atomic E-state index is 13.2. The summed E-state index contributed by atoms with van der Waals surface area (Å²) in [5.74, 6) is 0.523. The van der Waals surface area contributed by atoms with Gasteiger partial charge in [0.1, 0.15) is 4.83 Å². The van der Waals surface area contributed by atoms with E-state index in [0.717, 1.165) is 55.3 Å². The van der Waals surface area contributed by atoms with Crippen LogP contribution >= 0.6 is 23.1 Å². The van der Waals surface area contributed by atoms with Crippen molar-refractivity contribution in [2.75, 3.05) is 12.3 Å². The first-order chi connectivity index (χ1) is 13.1. The Bertz CT molecular complexity index is 918. The van der Waals surface area contributed by atoms with Crippen molar-refractivity contribution in [1.82, 2.24) is 14.5 Å². The third-order valence-corrected chi connectivity index (χ3v) is 7.83. The normalized spacial score (nSPS) is 19.6. The average Bonchev–Trinajstić information content (AvgIpc) is 3.23. The van der Waals surface area contributed by atoms with Crippen LogP contribution in [0.5, 0.6) is 0 Å². The van der Waals surface area contributed by atoms with Crippen molar-refractivity contribution >= 4 is 39.2 Å². The van der Waals surface area contributed by atoms with E-state index in [0.29, 0.717) is 23.5 Å². The Morgan fingerprint density at radius 2 is 2.15 bits per heavy atom. The molecule has 3 heterocycles. The summed E-state index contributed by atoms with van der Waals surface area (Å²) in [6, 6.07) is 0.320. The Balaban J connectivity index is 1.62. The van der Waals surface area contributed by atoms with Crippen LogP contribution in [-0.2, 0) is 24.2 Å². The summed E-state index contributed by atoms with van der Waals surface area (Å²) in [4.78, 5) is 34.9. The number of likely N-dealkylation sites (tertiary alicyclic amines) is 1. The SMILES string of the molecule is CCCn1c(SCC(=O)N2CCCC[C@H]2C)nc2sc3c(c2c1=O)CCC3. The monoisotopic (exact) mass is 405 g/mol. The van der Waals surface area contributed by atoms with E-state index < -0.39 is 0 Å². The molecule has 1 saturated heterocycles. The van der Waals surface area contributed by atoms with Crippen LogP contribution in [0.1, 0.15) is 56.4 Å². The van der Waals surface area contributed by atoms with E-state index in [1.807, 2.05) is 4.90 Å².